The molecular formula is C20H21NO4. The van der Waals surface area contributed by atoms with Gasteiger partial charge in [0.15, 0.2) is 6.61 Å². The zero-order valence-electron chi connectivity index (χ0n) is 14.1. The number of amides is 1. The lowest BCUT2D eigenvalue weighted by Crippen LogP contribution is -2.37. The maximum absolute atomic E-state index is 12.1. The average molecular weight is 339 g/mol. The second-order valence-corrected chi connectivity index (χ2v) is 6.21. The van der Waals surface area contributed by atoms with Gasteiger partial charge in [0, 0.05) is 6.04 Å². The molecule has 0 saturated heterocycles. The number of ether oxygens (including phenoxy) is 2. The fraction of sp³-hybridized carbons (Fsp3) is 0.300. The molecule has 3 rings (SSSR count). The van der Waals surface area contributed by atoms with Crippen molar-refractivity contribution in [3.05, 3.63) is 60.2 Å². The normalized spacial score (nSPS) is 14.4. The van der Waals surface area contributed by atoms with Gasteiger partial charge in [0.05, 0.1) is 5.56 Å². The molecule has 0 aromatic heterocycles. The average Bonchev–Trinajstić information content (AvgIpc) is 3.46. The molecule has 2 aromatic carbocycles. The van der Waals surface area contributed by atoms with Crippen LogP contribution < -0.4 is 10.1 Å². The van der Waals surface area contributed by atoms with Gasteiger partial charge in [-0.1, -0.05) is 24.3 Å². The molecular weight excluding hydrogens is 318 g/mol. The topological polar surface area (TPSA) is 64.6 Å². The summed E-state index contributed by atoms with van der Waals surface area (Å²) >= 11 is 0. The Hall–Kier alpha value is -2.82. The Morgan fingerprint density at radius 3 is 2.52 bits per heavy atom. The van der Waals surface area contributed by atoms with Crippen molar-refractivity contribution >= 4 is 11.9 Å². The van der Waals surface area contributed by atoms with Crippen molar-refractivity contribution in [1.82, 2.24) is 5.32 Å². The highest BCUT2D eigenvalue weighted by molar-refractivity contribution is 5.91. The van der Waals surface area contributed by atoms with E-state index in [0.29, 0.717) is 23.0 Å². The van der Waals surface area contributed by atoms with Crippen LogP contribution in [0.15, 0.2) is 54.6 Å². The van der Waals surface area contributed by atoms with Gasteiger partial charge in [0.2, 0.25) is 0 Å². The number of para-hydroxylation sites is 1. The summed E-state index contributed by atoms with van der Waals surface area (Å²) < 4.78 is 10.8. The molecule has 0 spiro atoms. The van der Waals surface area contributed by atoms with Crippen LogP contribution in [0.2, 0.25) is 0 Å². The fourth-order valence-corrected chi connectivity index (χ4v) is 2.54. The lowest BCUT2D eigenvalue weighted by atomic mass is 10.2. The van der Waals surface area contributed by atoms with E-state index in [4.69, 9.17) is 9.47 Å². The van der Waals surface area contributed by atoms with Crippen molar-refractivity contribution in [2.45, 2.75) is 25.8 Å². The summed E-state index contributed by atoms with van der Waals surface area (Å²) in [7, 11) is 0. The van der Waals surface area contributed by atoms with E-state index in [1.54, 1.807) is 24.3 Å². The lowest BCUT2D eigenvalue weighted by Gasteiger charge is -2.13. The Kier molecular flexibility index (Phi) is 5.33. The van der Waals surface area contributed by atoms with Gasteiger partial charge >= 0.3 is 5.97 Å². The number of esters is 1. The quantitative estimate of drug-likeness (QED) is 0.784. The van der Waals surface area contributed by atoms with E-state index >= 15 is 0 Å². The highest BCUT2D eigenvalue weighted by atomic mass is 16.5. The molecule has 1 saturated carbocycles. The van der Waals surface area contributed by atoms with Crippen molar-refractivity contribution in [3.8, 4) is 11.5 Å². The van der Waals surface area contributed by atoms with Gasteiger partial charge < -0.3 is 14.8 Å². The maximum atomic E-state index is 12.1. The minimum atomic E-state index is -0.548. The molecule has 2 aromatic rings. The molecule has 0 bridgehead atoms. The number of nitrogens with one attached hydrogen (secondary N) is 1. The molecule has 1 aliphatic carbocycles. The zero-order valence-corrected chi connectivity index (χ0v) is 14.1. The van der Waals surface area contributed by atoms with Gasteiger partial charge in [0.1, 0.15) is 11.5 Å². The van der Waals surface area contributed by atoms with E-state index < -0.39 is 5.97 Å². The van der Waals surface area contributed by atoms with E-state index in [1.807, 2.05) is 37.3 Å². The standard InChI is InChI=1S/C20H21NO4/c1-14(15-10-11-15)21-19(22)13-24-20(23)16-6-5-9-18(12-16)25-17-7-3-2-4-8-17/h2-9,12,14-15H,10-11,13H2,1H3,(H,21,22)/t14-/m0/s1. The van der Waals surface area contributed by atoms with Crippen LogP contribution in [-0.2, 0) is 9.53 Å². The Balaban J connectivity index is 1.53. The second kappa shape index (κ2) is 7.83. The summed E-state index contributed by atoms with van der Waals surface area (Å²) in [5, 5.41) is 2.85. The van der Waals surface area contributed by atoms with Crippen LogP contribution >= 0.6 is 0 Å². The Labute approximate surface area is 147 Å². The molecule has 1 amide bonds. The van der Waals surface area contributed by atoms with E-state index in [-0.39, 0.29) is 18.6 Å². The SMILES string of the molecule is C[C@H](NC(=O)COC(=O)c1cccc(Oc2ccccc2)c1)C1CC1. The third-order valence-electron chi connectivity index (χ3n) is 4.10. The molecule has 1 N–H and O–H groups in total. The minimum Gasteiger partial charge on any atom is -0.457 e. The van der Waals surface area contributed by atoms with E-state index in [2.05, 4.69) is 5.32 Å². The number of benzene rings is 2. The van der Waals surface area contributed by atoms with E-state index in [1.165, 1.54) is 0 Å². The first-order valence-corrected chi connectivity index (χ1v) is 8.41. The summed E-state index contributed by atoms with van der Waals surface area (Å²) in [6.45, 7) is 1.70. The van der Waals surface area contributed by atoms with Gasteiger partial charge in [-0.2, -0.15) is 0 Å². The zero-order chi connectivity index (χ0) is 17.6. The van der Waals surface area contributed by atoms with Crippen LogP contribution in [0.3, 0.4) is 0 Å². The largest absolute Gasteiger partial charge is 0.457 e. The molecule has 0 unspecified atom stereocenters. The number of hydrogen-bond donors (Lipinski definition) is 1. The lowest BCUT2D eigenvalue weighted by molar-refractivity contribution is -0.124. The third-order valence-corrected chi connectivity index (χ3v) is 4.10. The van der Waals surface area contributed by atoms with Gasteiger partial charge in [-0.25, -0.2) is 4.79 Å². The van der Waals surface area contributed by atoms with Crippen molar-refractivity contribution in [2.24, 2.45) is 5.92 Å². The molecule has 0 aliphatic heterocycles. The van der Waals surface area contributed by atoms with Gasteiger partial charge in [0.25, 0.3) is 5.91 Å². The smallest absolute Gasteiger partial charge is 0.338 e. The second-order valence-electron chi connectivity index (χ2n) is 6.21. The Morgan fingerprint density at radius 1 is 1.08 bits per heavy atom. The fourth-order valence-electron chi connectivity index (χ4n) is 2.54. The molecule has 0 heterocycles. The summed E-state index contributed by atoms with van der Waals surface area (Å²) in [4.78, 5) is 23.9. The van der Waals surface area contributed by atoms with Gasteiger partial charge in [-0.15, -0.1) is 0 Å². The van der Waals surface area contributed by atoms with Gasteiger partial charge in [-0.3, -0.25) is 4.79 Å². The number of hydrogen-bond acceptors (Lipinski definition) is 4. The third kappa shape index (κ3) is 5.08. The van der Waals surface area contributed by atoms with Crippen molar-refractivity contribution < 1.29 is 19.1 Å². The predicted octanol–water partition coefficient (Wildman–Crippen LogP) is 3.55. The Morgan fingerprint density at radius 2 is 1.80 bits per heavy atom. The molecule has 0 radical (unpaired) electrons. The predicted molar refractivity (Wildman–Crippen MR) is 93.6 cm³/mol. The first-order chi connectivity index (χ1) is 12.1. The van der Waals surface area contributed by atoms with Crippen molar-refractivity contribution in [2.75, 3.05) is 6.61 Å². The summed E-state index contributed by atoms with van der Waals surface area (Å²) in [6, 6.07) is 16.1. The number of rotatable bonds is 7. The molecule has 5 heteroatoms. The van der Waals surface area contributed by atoms with Crippen LogP contribution in [0.5, 0.6) is 11.5 Å². The molecule has 130 valence electrons. The highest BCUT2D eigenvalue weighted by Gasteiger charge is 2.29. The van der Waals surface area contributed by atoms with Crippen LogP contribution in [-0.4, -0.2) is 24.5 Å². The number of carbonyl (C=O) groups excluding carboxylic acids is 2. The summed E-state index contributed by atoms with van der Waals surface area (Å²) in [6.07, 6.45) is 2.30. The first kappa shape index (κ1) is 17.0. The van der Waals surface area contributed by atoms with Gasteiger partial charge in [-0.05, 0) is 56.0 Å². The number of carbonyl (C=O) groups is 2. The summed E-state index contributed by atoms with van der Waals surface area (Å²) in [5.41, 5.74) is 0.344. The van der Waals surface area contributed by atoms with Crippen LogP contribution in [0.1, 0.15) is 30.1 Å². The van der Waals surface area contributed by atoms with E-state index in [0.717, 1.165) is 12.8 Å². The molecule has 5 nitrogen and oxygen atoms in total. The Bertz CT molecular complexity index is 740. The first-order valence-electron chi connectivity index (χ1n) is 8.41. The monoisotopic (exact) mass is 339 g/mol. The van der Waals surface area contributed by atoms with Crippen LogP contribution in [0, 0.1) is 5.92 Å². The maximum Gasteiger partial charge on any atom is 0.338 e. The van der Waals surface area contributed by atoms with Crippen LogP contribution in [0.4, 0.5) is 0 Å². The minimum absolute atomic E-state index is 0.133. The molecule has 1 atom stereocenters. The van der Waals surface area contributed by atoms with Crippen molar-refractivity contribution in [1.29, 1.82) is 0 Å². The van der Waals surface area contributed by atoms with Crippen molar-refractivity contribution in [3.63, 3.8) is 0 Å². The molecule has 25 heavy (non-hydrogen) atoms. The molecule has 1 fully saturated rings. The molecule has 1 aliphatic rings. The highest BCUT2D eigenvalue weighted by Crippen LogP contribution is 2.32. The summed E-state index contributed by atoms with van der Waals surface area (Å²) in [5.74, 6) is 0.956. The van der Waals surface area contributed by atoms with E-state index in [9.17, 15) is 9.59 Å². The van der Waals surface area contributed by atoms with Crippen LogP contribution in [0.25, 0.3) is 0 Å².